The van der Waals surface area contributed by atoms with E-state index in [1.807, 2.05) is 19.9 Å². The number of nitrogens with zero attached hydrogens (tertiary/aromatic N) is 2. The third-order valence-electron chi connectivity index (χ3n) is 3.02. The van der Waals surface area contributed by atoms with Crippen LogP contribution in [0.2, 0.25) is 0 Å². The number of hydrogen-bond donors (Lipinski definition) is 0. The van der Waals surface area contributed by atoms with Gasteiger partial charge >= 0.3 is 5.76 Å². The Morgan fingerprint density at radius 3 is 2.45 bits per heavy atom. The molecule has 0 saturated carbocycles. The maximum atomic E-state index is 11.5. The van der Waals surface area contributed by atoms with Gasteiger partial charge in [0.15, 0.2) is 0 Å². The Morgan fingerprint density at radius 2 is 1.90 bits per heavy atom. The van der Waals surface area contributed by atoms with Gasteiger partial charge in [0.1, 0.15) is 11.3 Å². The average molecular weight is 336 g/mol. The summed E-state index contributed by atoms with van der Waals surface area (Å²) in [7, 11) is 0. The fourth-order valence-corrected chi connectivity index (χ4v) is 2.49. The fraction of sp³-hybridized carbons (Fsp3) is 0.385. The van der Waals surface area contributed by atoms with Gasteiger partial charge in [-0.2, -0.15) is 4.98 Å². The lowest BCUT2D eigenvalue weighted by Crippen LogP contribution is -2.22. The molecule has 0 spiro atoms. The number of rotatable bonds is 3. The summed E-state index contributed by atoms with van der Waals surface area (Å²) in [6.07, 6.45) is 0. The van der Waals surface area contributed by atoms with Crippen molar-refractivity contribution in [1.29, 1.82) is 0 Å². The van der Waals surface area contributed by atoms with Gasteiger partial charge in [0.2, 0.25) is 3.79 Å². The van der Waals surface area contributed by atoms with Crippen molar-refractivity contribution in [2.75, 3.05) is 18.0 Å². The third kappa shape index (κ3) is 3.03. The number of alkyl halides is 3. The van der Waals surface area contributed by atoms with E-state index < -0.39 is 9.55 Å². The number of aromatic nitrogens is 1. The van der Waals surface area contributed by atoms with E-state index in [1.54, 1.807) is 12.1 Å². The monoisotopic (exact) mass is 334 g/mol. The molecule has 2 aromatic rings. The molecular formula is C13H13Cl3N2O2. The second-order valence-electron chi connectivity index (χ2n) is 4.18. The Hall–Kier alpha value is -0.970. The standard InChI is InChI=1S/C13H13Cl3N2O2/c1-3-18(4-2)8-5-6-9-10(7-8)20-12(19)17-11(9)13(14,15)16/h5-7H,3-4H2,1-2H3. The largest absolute Gasteiger partial charge is 0.439 e. The van der Waals surface area contributed by atoms with Crippen LogP contribution in [0.5, 0.6) is 0 Å². The van der Waals surface area contributed by atoms with E-state index in [4.69, 9.17) is 39.2 Å². The van der Waals surface area contributed by atoms with E-state index in [9.17, 15) is 4.79 Å². The zero-order chi connectivity index (χ0) is 14.9. The Morgan fingerprint density at radius 1 is 1.25 bits per heavy atom. The molecule has 0 aliphatic carbocycles. The minimum absolute atomic E-state index is 0.0832. The molecule has 20 heavy (non-hydrogen) atoms. The van der Waals surface area contributed by atoms with Crippen LogP contribution < -0.4 is 10.7 Å². The first-order valence-corrected chi connectivity index (χ1v) is 7.27. The fourth-order valence-electron chi connectivity index (χ4n) is 2.06. The molecule has 7 heteroatoms. The molecule has 1 aromatic carbocycles. The van der Waals surface area contributed by atoms with Gasteiger partial charge in [0, 0.05) is 30.2 Å². The van der Waals surface area contributed by atoms with Crippen LogP contribution in [0.15, 0.2) is 27.4 Å². The number of anilines is 1. The summed E-state index contributed by atoms with van der Waals surface area (Å²) in [6.45, 7) is 5.77. The highest BCUT2D eigenvalue weighted by Crippen LogP contribution is 2.40. The molecule has 0 fully saturated rings. The van der Waals surface area contributed by atoms with Gasteiger partial charge in [-0.15, -0.1) is 0 Å². The molecule has 108 valence electrons. The maximum absolute atomic E-state index is 11.5. The molecule has 0 aliphatic heterocycles. The van der Waals surface area contributed by atoms with Crippen molar-refractivity contribution in [3.05, 3.63) is 34.4 Å². The molecule has 0 N–H and O–H groups in total. The smallest absolute Gasteiger partial charge is 0.408 e. The Kier molecular flexibility index (Phi) is 4.47. The molecular weight excluding hydrogens is 323 g/mol. The highest BCUT2D eigenvalue weighted by atomic mass is 35.6. The van der Waals surface area contributed by atoms with Crippen molar-refractivity contribution in [2.45, 2.75) is 17.6 Å². The average Bonchev–Trinajstić information content (AvgIpc) is 2.37. The minimum atomic E-state index is -1.77. The van der Waals surface area contributed by atoms with Crippen molar-refractivity contribution in [1.82, 2.24) is 4.98 Å². The van der Waals surface area contributed by atoms with Gasteiger partial charge in [0.05, 0.1) is 0 Å². The predicted molar refractivity (Wildman–Crippen MR) is 83.1 cm³/mol. The zero-order valence-corrected chi connectivity index (χ0v) is 13.3. The second-order valence-corrected chi connectivity index (χ2v) is 6.46. The molecule has 1 heterocycles. The van der Waals surface area contributed by atoms with Crippen LogP contribution >= 0.6 is 34.8 Å². The molecule has 4 nitrogen and oxygen atoms in total. The molecule has 0 aliphatic rings. The topological polar surface area (TPSA) is 46.3 Å². The van der Waals surface area contributed by atoms with Gasteiger partial charge in [-0.1, -0.05) is 34.8 Å². The summed E-state index contributed by atoms with van der Waals surface area (Å²) >= 11 is 17.5. The second kappa shape index (κ2) is 5.80. The lowest BCUT2D eigenvalue weighted by atomic mass is 10.2. The van der Waals surface area contributed by atoms with Crippen LogP contribution in [0, 0.1) is 0 Å². The summed E-state index contributed by atoms with van der Waals surface area (Å²) in [5.74, 6) is -0.782. The normalized spacial score (nSPS) is 11.8. The van der Waals surface area contributed by atoms with Crippen LogP contribution in [0.25, 0.3) is 11.0 Å². The lowest BCUT2D eigenvalue weighted by molar-refractivity contribution is 0.527. The highest BCUT2D eigenvalue weighted by Gasteiger charge is 2.28. The summed E-state index contributed by atoms with van der Waals surface area (Å²) in [5.41, 5.74) is 1.38. The number of fused-ring (bicyclic) bond motifs is 1. The van der Waals surface area contributed by atoms with Crippen molar-refractivity contribution in [3.63, 3.8) is 0 Å². The van der Waals surface area contributed by atoms with Crippen LogP contribution in [-0.4, -0.2) is 18.1 Å². The molecule has 0 saturated heterocycles. The van der Waals surface area contributed by atoms with Gasteiger partial charge < -0.3 is 9.32 Å². The highest BCUT2D eigenvalue weighted by molar-refractivity contribution is 6.67. The lowest BCUT2D eigenvalue weighted by Gasteiger charge is -2.21. The third-order valence-corrected chi connectivity index (χ3v) is 3.55. The predicted octanol–water partition coefficient (Wildman–Crippen LogP) is 3.86. The molecule has 0 atom stereocenters. The molecule has 0 unspecified atom stereocenters. The van der Waals surface area contributed by atoms with E-state index in [0.717, 1.165) is 18.8 Å². The Balaban J connectivity index is 2.68. The van der Waals surface area contributed by atoms with Crippen LogP contribution in [0.4, 0.5) is 5.69 Å². The first kappa shape index (κ1) is 15.4. The molecule has 0 radical (unpaired) electrons. The summed E-state index contributed by atoms with van der Waals surface area (Å²) in [5, 5.41) is 0.514. The molecule has 2 rings (SSSR count). The zero-order valence-electron chi connectivity index (χ0n) is 11.0. The Labute approximate surface area is 131 Å². The van der Waals surface area contributed by atoms with Gasteiger partial charge in [-0.3, -0.25) is 0 Å². The van der Waals surface area contributed by atoms with Crippen molar-refractivity contribution in [2.24, 2.45) is 0 Å². The number of benzene rings is 1. The summed E-state index contributed by atoms with van der Waals surface area (Å²) in [4.78, 5) is 17.3. The molecule has 1 aromatic heterocycles. The first-order valence-electron chi connectivity index (χ1n) is 6.13. The Bertz CT molecular complexity index is 675. The molecule has 0 amide bonds. The van der Waals surface area contributed by atoms with E-state index in [2.05, 4.69) is 9.88 Å². The minimum Gasteiger partial charge on any atom is -0.408 e. The van der Waals surface area contributed by atoms with E-state index in [0.29, 0.717) is 11.0 Å². The number of halogens is 3. The SMILES string of the molecule is CCN(CC)c1ccc2c(C(Cl)(Cl)Cl)nc(=O)oc2c1. The maximum Gasteiger partial charge on any atom is 0.439 e. The molecule has 0 bridgehead atoms. The van der Waals surface area contributed by atoms with E-state index in [1.165, 1.54) is 0 Å². The summed E-state index contributed by atoms with van der Waals surface area (Å²) < 4.78 is 3.34. The quantitative estimate of drug-likeness (QED) is 0.799. The van der Waals surface area contributed by atoms with Crippen LogP contribution in [0.1, 0.15) is 19.5 Å². The number of hydrogen-bond acceptors (Lipinski definition) is 4. The van der Waals surface area contributed by atoms with Gasteiger partial charge in [-0.05, 0) is 26.0 Å². The first-order chi connectivity index (χ1) is 9.36. The van der Waals surface area contributed by atoms with Crippen LogP contribution in [-0.2, 0) is 3.79 Å². The van der Waals surface area contributed by atoms with E-state index in [-0.39, 0.29) is 5.69 Å². The van der Waals surface area contributed by atoms with Gasteiger partial charge in [-0.25, -0.2) is 4.79 Å². The summed E-state index contributed by atoms with van der Waals surface area (Å²) in [6, 6.07) is 5.39. The van der Waals surface area contributed by atoms with Crippen molar-refractivity contribution >= 4 is 51.5 Å². The van der Waals surface area contributed by atoms with Crippen molar-refractivity contribution < 1.29 is 4.42 Å². The van der Waals surface area contributed by atoms with E-state index >= 15 is 0 Å². The van der Waals surface area contributed by atoms with Crippen LogP contribution in [0.3, 0.4) is 0 Å². The van der Waals surface area contributed by atoms with Crippen molar-refractivity contribution in [3.8, 4) is 0 Å². The van der Waals surface area contributed by atoms with Gasteiger partial charge in [0.25, 0.3) is 0 Å².